The molecule has 0 aliphatic heterocycles. The molecule has 1 aromatic heterocycles. The van der Waals surface area contributed by atoms with Crippen molar-refractivity contribution in [2.45, 2.75) is 18.6 Å². The van der Waals surface area contributed by atoms with Gasteiger partial charge in [0.2, 0.25) is 5.91 Å². The van der Waals surface area contributed by atoms with Crippen molar-refractivity contribution in [2.75, 3.05) is 5.32 Å². The smallest absolute Gasteiger partial charge is 0.237 e. The number of thiol groups is 1. The Morgan fingerprint density at radius 1 is 1.77 bits per heavy atom. The molecule has 0 saturated carbocycles. The first-order valence-electron chi connectivity index (χ1n) is 4.13. The van der Waals surface area contributed by atoms with E-state index in [0.29, 0.717) is 5.69 Å². The molecule has 0 bridgehead atoms. The first-order valence-corrected chi connectivity index (χ1v) is 4.64. The third-order valence-electron chi connectivity index (χ3n) is 1.62. The van der Waals surface area contributed by atoms with E-state index in [1.54, 1.807) is 24.5 Å². The molecule has 0 radical (unpaired) electrons. The Balaban J connectivity index is 2.55. The van der Waals surface area contributed by atoms with Crippen LogP contribution in [0.15, 0.2) is 24.5 Å². The zero-order valence-corrected chi connectivity index (χ0v) is 8.29. The maximum Gasteiger partial charge on any atom is 0.237 e. The Hall–Kier alpha value is -1.03. The van der Waals surface area contributed by atoms with Gasteiger partial charge >= 0.3 is 0 Å². The van der Waals surface area contributed by atoms with Crippen molar-refractivity contribution in [1.82, 2.24) is 4.98 Å². The Labute approximate surface area is 83.0 Å². The number of nitrogens with one attached hydrogen (secondary N) is 1. The predicted octanol–water partition coefficient (Wildman–Crippen LogP) is 1.73. The molecule has 0 saturated heterocycles. The summed E-state index contributed by atoms with van der Waals surface area (Å²) in [6.07, 6.45) is 3.98. The quantitative estimate of drug-likeness (QED) is 0.723. The van der Waals surface area contributed by atoms with Gasteiger partial charge in [-0.15, -0.1) is 0 Å². The van der Waals surface area contributed by atoms with Crippen LogP contribution in [0.1, 0.15) is 13.3 Å². The van der Waals surface area contributed by atoms with Crippen LogP contribution in [0.25, 0.3) is 0 Å². The first-order chi connectivity index (χ1) is 6.24. The lowest BCUT2D eigenvalue weighted by molar-refractivity contribution is -0.115. The normalized spacial score (nSPS) is 12.2. The average Bonchev–Trinajstić information content (AvgIpc) is 2.18. The number of amides is 1. The zero-order valence-electron chi connectivity index (χ0n) is 7.40. The van der Waals surface area contributed by atoms with E-state index < -0.39 is 0 Å². The molecule has 1 unspecified atom stereocenters. The molecule has 0 aromatic carbocycles. The Kier molecular flexibility index (Phi) is 3.76. The van der Waals surface area contributed by atoms with Crippen molar-refractivity contribution in [1.29, 1.82) is 0 Å². The first kappa shape index (κ1) is 10.1. The van der Waals surface area contributed by atoms with E-state index in [9.17, 15) is 4.79 Å². The lowest BCUT2D eigenvalue weighted by Crippen LogP contribution is -2.22. The molecule has 3 nitrogen and oxygen atoms in total. The van der Waals surface area contributed by atoms with Gasteiger partial charge in [0, 0.05) is 6.20 Å². The Morgan fingerprint density at radius 3 is 3.08 bits per heavy atom. The molecule has 70 valence electrons. The van der Waals surface area contributed by atoms with Crippen molar-refractivity contribution in [3.8, 4) is 0 Å². The van der Waals surface area contributed by atoms with Gasteiger partial charge in [0.05, 0.1) is 17.1 Å². The minimum atomic E-state index is -0.250. The van der Waals surface area contributed by atoms with Crippen molar-refractivity contribution in [3.05, 3.63) is 24.5 Å². The van der Waals surface area contributed by atoms with Gasteiger partial charge in [-0.3, -0.25) is 9.78 Å². The highest BCUT2D eigenvalue weighted by molar-refractivity contribution is 7.81. The van der Waals surface area contributed by atoms with Crippen molar-refractivity contribution < 1.29 is 4.79 Å². The topological polar surface area (TPSA) is 42.0 Å². The number of nitrogens with zero attached hydrogens (tertiary/aromatic N) is 1. The second-order valence-corrected chi connectivity index (χ2v) is 3.28. The molecule has 0 spiro atoms. The number of anilines is 1. The molecule has 0 aliphatic carbocycles. The molecule has 1 heterocycles. The largest absolute Gasteiger partial charge is 0.324 e. The molecule has 1 N–H and O–H groups in total. The standard InChI is InChI=1S/C9H12N2OS/c1-2-8(13)9(12)11-7-4-3-5-10-6-7/h3-6,8,13H,2H2,1H3,(H,11,12). The number of carbonyl (C=O) groups excluding carboxylic acids is 1. The van der Waals surface area contributed by atoms with Gasteiger partial charge in [-0.2, -0.15) is 12.6 Å². The van der Waals surface area contributed by atoms with E-state index in [4.69, 9.17) is 0 Å². The molecular formula is C9H12N2OS. The highest BCUT2D eigenvalue weighted by Gasteiger charge is 2.10. The van der Waals surface area contributed by atoms with Gasteiger partial charge in [-0.05, 0) is 18.6 Å². The number of pyridine rings is 1. The maximum absolute atomic E-state index is 11.3. The Bertz CT molecular complexity index is 276. The molecule has 1 rings (SSSR count). The van der Waals surface area contributed by atoms with Crippen molar-refractivity contribution >= 4 is 24.2 Å². The van der Waals surface area contributed by atoms with Crippen molar-refractivity contribution in [2.24, 2.45) is 0 Å². The molecule has 1 aromatic rings. The highest BCUT2D eigenvalue weighted by atomic mass is 32.1. The van der Waals surface area contributed by atoms with Crippen LogP contribution in [0.2, 0.25) is 0 Å². The van der Waals surface area contributed by atoms with E-state index in [-0.39, 0.29) is 11.2 Å². The van der Waals surface area contributed by atoms with Gasteiger partial charge in [-0.1, -0.05) is 6.92 Å². The number of hydrogen-bond donors (Lipinski definition) is 2. The second kappa shape index (κ2) is 4.87. The molecule has 4 heteroatoms. The fourth-order valence-electron chi connectivity index (χ4n) is 0.848. The van der Waals surface area contributed by atoms with Gasteiger partial charge in [0.25, 0.3) is 0 Å². The summed E-state index contributed by atoms with van der Waals surface area (Å²) in [5.41, 5.74) is 0.708. The summed E-state index contributed by atoms with van der Waals surface area (Å²) in [4.78, 5) is 15.2. The predicted molar refractivity (Wildman–Crippen MR) is 55.9 cm³/mol. The summed E-state index contributed by atoms with van der Waals surface area (Å²) in [7, 11) is 0. The average molecular weight is 196 g/mol. The van der Waals surface area contributed by atoms with E-state index >= 15 is 0 Å². The van der Waals surface area contributed by atoms with E-state index in [2.05, 4.69) is 22.9 Å². The summed E-state index contributed by atoms with van der Waals surface area (Å²) in [5.74, 6) is -0.0844. The van der Waals surface area contributed by atoms with E-state index in [1.165, 1.54) is 0 Å². The molecule has 1 atom stereocenters. The molecule has 1 amide bonds. The fraction of sp³-hybridized carbons (Fsp3) is 0.333. The second-order valence-electron chi connectivity index (χ2n) is 2.65. The third-order valence-corrected chi connectivity index (χ3v) is 2.22. The SMILES string of the molecule is CCC(S)C(=O)Nc1cccnc1. The van der Waals surface area contributed by atoms with Crippen LogP contribution in [0.5, 0.6) is 0 Å². The summed E-state index contributed by atoms with van der Waals surface area (Å²) in [6.45, 7) is 1.92. The van der Waals surface area contributed by atoms with Crippen LogP contribution in [-0.2, 0) is 4.79 Å². The van der Waals surface area contributed by atoms with Gasteiger partial charge in [0.15, 0.2) is 0 Å². The minimum absolute atomic E-state index is 0.0844. The summed E-state index contributed by atoms with van der Waals surface area (Å²) >= 11 is 4.12. The number of carbonyl (C=O) groups is 1. The zero-order chi connectivity index (χ0) is 9.68. The number of hydrogen-bond acceptors (Lipinski definition) is 3. The molecule has 13 heavy (non-hydrogen) atoms. The van der Waals surface area contributed by atoms with Gasteiger partial charge < -0.3 is 5.32 Å². The number of rotatable bonds is 3. The van der Waals surface area contributed by atoms with Crippen LogP contribution in [0.3, 0.4) is 0 Å². The summed E-state index contributed by atoms with van der Waals surface area (Å²) in [6, 6.07) is 3.57. The molecule has 0 aliphatic rings. The maximum atomic E-state index is 11.3. The van der Waals surface area contributed by atoms with Crippen LogP contribution >= 0.6 is 12.6 Å². The lowest BCUT2D eigenvalue weighted by Gasteiger charge is -2.08. The summed E-state index contributed by atoms with van der Waals surface area (Å²) < 4.78 is 0. The van der Waals surface area contributed by atoms with E-state index in [0.717, 1.165) is 6.42 Å². The third kappa shape index (κ3) is 3.06. The Morgan fingerprint density at radius 2 is 2.54 bits per heavy atom. The fourth-order valence-corrected chi connectivity index (χ4v) is 0.912. The lowest BCUT2D eigenvalue weighted by atomic mass is 10.3. The van der Waals surface area contributed by atoms with E-state index in [1.807, 2.05) is 6.92 Å². The van der Waals surface area contributed by atoms with Crippen LogP contribution < -0.4 is 5.32 Å². The minimum Gasteiger partial charge on any atom is -0.324 e. The monoisotopic (exact) mass is 196 g/mol. The van der Waals surface area contributed by atoms with Crippen LogP contribution in [0, 0.1) is 0 Å². The van der Waals surface area contributed by atoms with Crippen molar-refractivity contribution in [3.63, 3.8) is 0 Å². The van der Waals surface area contributed by atoms with Gasteiger partial charge in [0.1, 0.15) is 0 Å². The molecular weight excluding hydrogens is 184 g/mol. The van der Waals surface area contributed by atoms with Crippen LogP contribution in [-0.4, -0.2) is 16.1 Å². The van der Waals surface area contributed by atoms with Crippen LogP contribution in [0.4, 0.5) is 5.69 Å². The number of aromatic nitrogens is 1. The summed E-state index contributed by atoms with van der Waals surface area (Å²) in [5, 5.41) is 2.46. The highest BCUT2D eigenvalue weighted by Crippen LogP contribution is 2.07. The molecule has 0 fully saturated rings. The van der Waals surface area contributed by atoms with Gasteiger partial charge in [-0.25, -0.2) is 0 Å².